The third kappa shape index (κ3) is 2.54. The molecule has 2 rings (SSSR count). The second kappa shape index (κ2) is 5.43. The highest BCUT2D eigenvalue weighted by Crippen LogP contribution is 2.45. The van der Waals surface area contributed by atoms with Gasteiger partial charge in [0.25, 0.3) is 0 Å². The average molecular weight is 266 g/mol. The third-order valence-electron chi connectivity index (χ3n) is 5.53. The molecule has 1 N–H and O–H groups in total. The van der Waals surface area contributed by atoms with Gasteiger partial charge in [0.1, 0.15) is 0 Å². The van der Waals surface area contributed by atoms with E-state index in [1.54, 1.807) is 0 Å². The Bertz CT molecular complexity index is 332. The zero-order valence-electron chi connectivity index (χ0n) is 13.1. The van der Waals surface area contributed by atoms with Gasteiger partial charge in [0.15, 0.2) is 0 Å². The third-order valence-corrected chi connectivity index (χ3v) is 5.53. The van der Waals surface area contributed by atoms with Crippen molar-refractivity contribution >= 4 is 5.91 Å². The molecule has 0 spiro atoms. The molecule has 3 nitrogen and oxygen atoms in total. The number of hydrogen-bond donors (Lipinski definition) is 1. The molecule has 0 radical (unpaired) electrons. The number of nitrogens with zero attached hydrogens (tertiary/aromatic N) is 1. The van der Waals surface area contributed by atoms with Gasteiger partial charge in [0, 0.05) is 6.54 Å². The van der Waals surface area contributed by atoms with E-state index in [1.807, 2.05) is 0 Å². The van der Waals surface area contributed by atoms with Crippen LogP contribution >= 0.6 is 0 Å². The van der Waals surface area contributed by atoms with Crippen LogP contribution < -0.4 is 5.32 Å². The van der Waals surface area contributed by atoms with Crippen molar-refractivity contribution in [2.24, 2.45) is 5.41 Å². The van der Waals surface area contributed by atoms with E-state index in [-0.39, 0.29) is 11.7 Å². The molecule has 1 aliphatic heterocycles. The molecule has 0 aromatic rings. The van der Waals surface area contributed by atoms with Crippen molar-refractivity contribution in [3.8, 4) is 0 Å². The zero-order valence-corrected chi connectivity index (χ0v) is 13.1. The summed E-state index contributed by atoms with van der Waals surface area (Å²) in [6.07, 6.45) is 8.48. The van der Waals surface area contributed by atoms with Crippen molar-refractivity contribution in [3.05, 3.63) is 0 Å². The second-order valence-corrected chi connectivity index (χ2v) is 6.77. The van der Waals surface area contributed by atoms with Crippen LogP contribution in [0.4, 0.5) is 0 Å². The van der Waals surface area contributed by atoms with E-state index in [9.17, 15) is 4.79 Å². The van der Waals surface area contributed by atoms with Gasteiger partial charge in [-0.15, -0.1) is 0 Å². The SMILES string of the molecule is CCCC1NC(C)(CC)C(=O)N1CC1(CC)CCC1. The summed E-state index contributed by atoms with van der Waals surface area (Å²) in [5.41, 5.74) is 0.0842. The second-order valence-electron chi connectivity index (χ2n) is 6.77. The van der Waals surface area contributed by atoms with Crippen LogP contribution in [0.25, 0.3) is 0 Å². The molecule has 2 unspecified atom stereocenters. The molecule has 1 saturated carbocycles. The van der Waals surface area contributed by atoms with Crippen LogP contribution in [0.3, 0.4) is 0 Å². The van der Waals surface area contributed by atoms with Crippen LogP contribution in [0, 0.1) is 5.41 Å². The molecule has 0 aromatic heterocycles. The first kappa shape index (κ1) is 14.8. The molecule has 1 saturated heterocycles. The predicted octanol–water partition coefficient (Wildman–Crippen LogP) is 3.29. The maximum atomic E-state index is 12.7. The Balaban J connectivity index is 2.13. The lowest BCUT2D eigenvalue weighted by Gasteiger charge is -2.45. The lowest BCUT2D eigenvalue weighted by Crippen LogP contribution is -2.47. The number of carbonyl (C=O) groups is 1. The maximum Gasteiger partial charge on any atom is 0.243 e. The quantitative estimate of drug-likeness (QED) is 0.800. The van der Waals surface area contributed by atoms with Gasteiger partial charge in [-0.25, -0.2) is 0 Å². The van der Waals surface area contributed by atoms with Gasteiger partial charge in [0.05, 0.1) is 11.7 Å². The summed E-state index contributed by atoms with van der Waals surface area (Å²) >= 11 is 0. The highest BCUT2D eigenvalue weighted by Gasteiger charge is 2.49. The molecule has 3 heteroatoms. The summed E-state index contributed by atoms with van der Waals surface area (Å²) in [6, 6.07) is 0. The Morgan fingerprint density at radius 1 is 1.26 bits per heavy atom. The van der Waals surface area contributed by atoms with Crippen molar-refractivity contribution in [1.82, 2.24) is 10.2 Å². The van der Waals surface area contributed by atoms with Crippen LogP contribution in [0.2, 0.25) is 0 Å². The molecule has 2 fully saturated rings. The minimum Gasteiger partial charge on any atom is -0.325 e. The van der Waals surface area contributed by atoms with Gasteiger partial charge >= 0.3 is 0 Å². The monoisotopic (exact) mass is 266 g/mol. The van der Waals surface area contributed by atoms with Gasteiger partial charge in [-0.2, -0.15) is 0 Å². The molecule has 1 aliphatic carbocycles. The largest absolute Gasteiger partial charge is 0.325 e. The summed E-state index contributed by atoms with van der Waals surface area (Å²) in [4.78, 5) is 14.9. The minimum atomic E-state index is -0.335. The van der Waals surface area contributed by atoms with Crippen LogP contribution in [-0.2, 0) is 4.79 Å². The first-order valence-corrected chi connectivity index (χ1v) is 8.09. The first-order valence-electron chi connectivity index (χ1n) is 8.09. The van der Waals surface area contributed by atoms with Crippen LogP contribution in [0.5, 0.6) is 0 Å². The Hall–Kier alpha value is -0.570. The fourth-order valence-corrected chi connectivity index (χ4v) is 3.56. The molecule has 1 amide bonds. The normalized spacial score (nSPS) is 33.6. The smallest absolute Gasteiger partial charge is 0.243 e. The van der Waals surface area contributed by atoms with E-state index in [4.69, 9.17) is 0 Å². The van der Waals surface area contributed by atoms with Crippen molar-refractivity contribution in [1.29, 1.82) is 0 Å². The average Bonchev–Trinajstić information content (AvgIpc) is 2.59. The number of carbonyl (C=O) groups excluding carboxylic acids is 1. The molecule has 19 heavy (non-hydrogen) atoms. The summed E-state index contributed by atoms with van der Waals surface area (Å²) in [5, 5.41) is 3.59. The first-order chi connectivity index (χ1) is 9.00. The molecular weight excluding hydrogens is 236 g/mol. The van der Waals surface area contributed by atoms with Gasteiger partial charge in [-0.1, -0.05) is 33.6 Å². The van der Waals surface area contributed by atoms with Crippen molar-refractivity contribution in [2.75, 3.05) is 6.54 Å². The lowest BCUT2D eigenvalue weighted by molar-refractivity contribution is -0.135. The summed E-state index contributed by atoms with van der Waals surface area (Å²) < 4.78 is 0. The summed E-state index contributed by atoms with van der Waals surface area (Å²) in [6.45, 7) is 9.62. The molecule has 2 atom stereocenters. The standard InChI is InChI=1S/C16H30N2O/c1-5-9-13-17-15(4,6-2)14(19)18(13)12-16(7-3)10-8-11-16/h13,17H,5-12H2,1-4H3. The van der Waals surface area contributed by atoms with Crippen LogP contribution in [0.15, 0.2) is 0 Å². The van der Waals surface area contributed by atoms with Gasteiger partial charge in [0.2, 0.25) is 5.91 Å². The van der Waals surface area contributed by atoms with Crippen LogP contribution in [-0.4, -0.2) is 29.1 Å². The van der Waals surface area contributed by atoms with Gasteiger partial charge < -0.3 is 4.90 Å². The summed E-state index contributed by atoms with van der Waals surface area (Å²) in [5.74, 6) is 0.327. The molecule has 1 heterocycles. The molecule has 0 bridgehead atoms. The van der Waals surface area contributed by atoms with E-state index < -0.39 is 0 Å². The number of hydrogen-bond acceptors (Lipinski definition) is 2. The lowest BCUT2D eigenvalue weighted by atomic mass is 9.66. The Morgan fingerprint density at radius 2 is 1.95 bits per heavy atom. The van der Waals surface area contributed by atoms with E-state index in [0.717, 1.165) is 25.8 Å². The number of nitrogens with one attached hydrogen (secondary N) is 1. The Kier molecular flexibility index (Phi) is 4.24. The summed E-state index contributed by atoms with van der Waals surface area (Å²) in [7, 11) is 0. The van der Waals surface area contributed by atoms with E-state index in [2.05, 4.69) is 37.9 Å². The van der Waals surface area contributed by atoms with Crippen LogP contribution in [0.1, 0.15) is 72.6 Å². The highest BCUT2D eigenvalue weighted by molar-refractivity contribution is 5.88. The minimum absolute atomic E-state index is 0.256. The number of rotatable bonds is 6. The van der Waals surface area contributed by atoms with E-state index >= 15 is 0 Å². The Labute approximate surface area is 118 Å². The fourth-order valence-electron chi connectivity index (χ4n) is 3.56. The van der Waals surface area contributed by atoms with E-state index in [0.29, 0.717) is 11.3 Å². The van der Waals surface area contributed by atoms with Gasteiger partial charge in [-0.05, 0) is 44.4 Å². The molecule has 110 valence electrons. The number of amides is 1. The fraction of sp³-hybridized carbons (Fsp3) is 0.938. The van der Waals surface area contributed by atoms with E-state index in [1.165, 1.54) is 25.7 Å². The molecular formula is C16H30N2O. The predicted molar refractivity (Wildman–Crippen MR) is 78.8 cm³/mol. The van der Waals surface area contributed by atoms with Crippen molar-refractivity contribution < 1.29 is 4.79 Å². The highest BCUT2D eigenvalue weighted by atomic mass is 16.2. The molecule has 2 aliphatic rings. The van der Waals surface area contributed by atoms with Crippen molar-refractivity contribution in [3.63, 3.8) is 0 Å². The Morgan fingerprint density at radius 3 is 2.37 bits per heavy atom. The van der Waals surface area contributed by atoms with Crippen molar-refractivity contribution in [2.45, 2.75) is 84.3 Å². The molecule has 0 aromatic carbocycles. The topological polar surface area (TPSA) is 32.3 Å². The van der Waals surface area contributed by atoms with Gasteiger partial charge in [-0.3, -0.25) is 10.1 Å². The zero-order chi connectivity index (χ0) is 14.1. The maximum absolute atomic E-state index is 12.7.